The van der Waals surface area contributed by atoms with E-state index in [1.165, 1.54) is 17.7 Å². The zero-order valence-corrected chi connectivity index (χ0v) is 12.1. The lowest BCUT2D eigenvalue weighted by molar-refractivity contribution is -0.148. The second-order valence-electron chi connectivity index (χ2n) is 4.59. The van der Waals surface area contributed by atoms with Gasteiger partial charge in [0.05, 0.1) is 6.10 Å². The van der Waals surface area contributed by atoms with Gasteiger partial charge in [-0.15, -0.1) is 0 Å². The molecule has 0 radical (unpaired) electrons. The molecule has 0 spiro atoms. The monoisotopic (exact) mass is 284 g/mol. The third kappa shape index (κ3) is 4.34. The molecular formula is C13H20N2O5. The van der Waals surface area contributed by atoms with E-state index in [9.17, 15) is 14.4 Å². The average molecular weight is 284 g/mol. The van der Waals surface area contributed by atoms with Crippen LogP contribution in [0.15, 0.2) is 15.8 Å². The topological polar surface area (TPSA) is 90.4 Å². The highest BCUT2D eigenvalue weighted by atomic mass is 16.6. The third-order valence-electron chi connectivity index (χ3n) is 2.72. The number of nitrogens with one attached hydrogen (secondary N) is 1. The molecule has 1 N–H and O–H groups in total. The second-order valence-corrected chi connectivity index (χ2v) is 4.59. The molecule has 0 aliphatic rings. The number of hydrogen-bond acceptors (Lipinski definition) is 5. The van der Waals surface area contributed by atoms with E-state index in [4.69, 9.17) is 9.47 Å². The number of aromatic amines is 1. The fraction of sp³-hybridized carbons (Fsp3) is 0.615. The van der Waals surface area contributed by atoms with Gasteiger partial charge in [-0.2, -0.15) is 0 Å². The predicted octanol–water partition coefficient (Wildman–Crippen LogP) is 0.722. The summed E-state index contributed by atoms with van der Waals surface area (Å²) in [6.45, 7) is 6.65. The first-order valence-corrected chi connectivity index (χ1v) is 6.46. The molecule has 1 aromatic rings. The van der Waals surface area contributed by atoms with Gasteiger partial charge in [0.15, 0.2) is 0 Å². The molecule has 0 bridgehead atoms. The Balaban J connectivity index is 2.86. The van der Waals surface area contributed by atoms with Crippen molar-refractivity contribution >= 4 is 5.97 Å². The number of aryl methyl sites for hydroxylation is 1. The van der Waals surface area contributed by atoms with Crippen LogP contribution in [0.3, 0.4) is 0 Å². The number of hydrogen-bond donors (Lipinski definition) is 1. The van der Waals surface area contributed by atoms with E-state index in [2.05, 4.69) is 4.98 Å². The quantitative estimate of drug-likeness (QED) is 0.777. The first-order valence-electron chi connectivity index (χ1n) is 6.46. The van der Waals surface area contributed by atoms with E-state index < -0.39 is 17.5 Å². The first-order chi connectivity index (χ1) is 9.35. The average Bonchev–Trinajstić information content (AvgIpc) is 2.38. The fourth-order valence-corrected chi connectivity index (χ4v) is 1.70. The highest BCUT2D eigenvalue weighted by Gasteiger charge is 2.16. The summed E-state index contributed by atoms with van der Waals surface area (Å²) >= 11 is 0. The first kappa shape index (κ1) is 16.2. The Morgan fingerprint density at radius 2 is 2.10 bits per heavy atom. The van der Waals surface area contributed by atoms with Crippen LogP contribution in [0.25, 0.3) is 0 Å². The summed E-state index contributed by atoms with van der Waals surface area (Å²) < 4.78 is 11.9. The largest absolute Gasteiger partial charge is 0.463 e. The molecule has 0 saturated heterocycles. The van der Waals surface area contributed by atoms with Crippen LogP contribution in [-0.4, -0.2) is 28.2 Å². The molecular weight excluding hydrogens is 264 g/mol. The number of nitrogens with zero attached hydrogens (tertiary/aromatic N) is 1. The van der Waals surface area contributed by atoms with E-state index >= 15 is 0 Å². The number of esters is 1. The smallest absolute Gasteiger partial charge is 0.330 e. The van der Waals surface area contributed by atoms with Gasteiger partial charge in [0.2, 0.25) is 0 Å². The van der Waals surface area contributed by atoms with Gasteiger partial charge >= 0.3 is 11.7 Å². The van der Waals surface area contributed by atoms with E-state index in [1.807, 2.05) is 6.92 Å². The molecule has 0 aliphatic heterocycles. The number of H-pyrrole nitrogens is 1. The van der Waals surface area contributed by atoms with Crippen LogP contribution in [-0.2, 0) is 14.3 Å². The number of rotatable bonds is 6. The third-order valence-corrected chi connectivity index (χ3v) is 2.72. The van der Waals surface area contributed by atoms with Gasteiger partial charge in [-0.05, 0) is 20.3 Å². The van der Waals surface area contributed by atoms with Crippen molar-refractivity contribution in [1.29, 1.82) is 0 Å². The van der Waals surface area contributed by atoms with Crippen molar-refractivity contribution in [3.8, 4) is 0 Å². The minimum Gasteiger partial charge on any atom is -0.463 e. The fourth-order valence-electron chi connectivity index (χ4n) is 1.70. The summed E-state index contributed by atoms with van der Waals surface area (Å²) in [5.41, 5.74) is -0.500. The summed E-state index contributed by atoms with van der Waals surface area (Å²) in [6.07, 6.45) is 1.12. The number of carbonyl (C=O) groups excluding carboxylic acids is 1. The zero-order chi connectivity index (χ0) is 15.3. The molecule has 7 nitrogen and oxygen atoms in total. The van der Waals surface area contributed by atoms with Gasteiger partial charge in [0.1, 0.15) is 12.8 Å². The Kier molecular flexibility index (Phi) is 5.69. The maximum Gasteiger partial charge on any atom is 0.330 e. The summed E-state index contributed by atoms with van der Waals surface area (Å²) in [5.74, 6) is -0.384. The summed E-state index contributed by atoms with van der Waals surface area (Å²) in [6, 6.07) is 0. The molecule has 0 amide bonds. The summed E-state index contributed by atoms with van der Waals surface area (Å²) in [5, 5.41) is 0. The van der Waals surface area contributed by atoms with Crippen molar-refractivity contribution in [2.45, 2.75) is 46.4 Å². The van der Waals surface area contributed by atoms with Gasteiger partial charge in [-0.1, -0.05) is 6.92 Å². The van der Waals surface area contributed by atoms with Crippen LogP contribution in [0.4, 0.5) is 0 Å². The molecule has 1 rings (SSSR count). The standard InChI is InChI=1S/C13H20N2O5/c1-5-11(20-9(3)7-19-10(4)16)15-6-8(2)12(17)14-13(15)18/h6,9,11H,5,7H2,1-4H3,(H,14,17,18). The number of ether oxygens (including phenoxy) is 2. The number of carbonyl (C=O) groups is 1. The van der Waals surface area contributed by atoms with Crippen molar-refractivity contribution in [3.05, 3.63) is 32.6 Å². The van der Waals surface area contributed by atoms with Crippen LogP contribution >= 0.6 is 0 Å². The molecule has 2 unspecified atom stereocenters. The lowest BCUT2D eigenvalue weighted by Gasteiger charge is -2.23. The molecule has 0 aromatic carbocycles. The van der Waals surface area contributed by atoms with Crippen molar-refractivity contribution in [3.63, 3.8) is 0 Å². The molecule has 1 heterocycles. The van der Waals surface area contributed by atoms with E-state index in [-0.39, 0.29) is 18.7 Å². The Morgan fingerprint density at radius 1 is 1.45 bits per heavy atom. The van der Waals surface area contributed by atoms with Crippen molar-refractivity contribution in [2.75, 3.05) is 6.61 Å². The van der Waals surface area contributed by atoms with E-state index in [1.54, 1.807) is 13.8 Å². The van der Waals surface area contributed by atoms with Gasteiger partial charge < -0.3 is 9.47 Å². The van der Waals surface area contributed by atoms with Gasteiger partial charge in [0, 0.05) is 18.7 Å². The van der Waals surface area contributed by atoms with Gasteiger partial charge in [-0.25, -0.2) is 4.79 Å². The molecule has 1 aromatic heterocycles. The van der Waals surface area contributed by atoms with Crippen LogP contribution in [0, 0.1) is 6.92 Å². The SMILES string of the molecule is CCC(OC(C)COC(C)=O)n1cc(C)c(=O)[nH]c1=O. The maximum atomic E-state index is 11.8. The Morgan fingerprint density at radius 3 is 2.65 bits per heavy atom. The van der Waals surface area contributed by atoms with Crippen LogP contribution in [0.1, 0.15) is 39.0 Å². The lowest BCUT2D eigenvalue weighted by Crippen LogP contribution is -2.35. The predicted molar refractivity (Wildman–Crippen MR) is 72.6 cm³/mol. The maximum absolute atomic E-state index is 11.8. The molecule has 112 valence electrons. The zero-order valence-electron chi connectivity index (χ0n) is 12.1. The molecule has 2 atom stereocenters. The molecule has 0 aliphatic carbocycles. The van der Waals surface area contributed by atoms with Crippen molar-refractivity contribution < 1.29 is 14.3 Å². The Hall–Kier alpha value is -1.89. The lowest BCUT2D eigenvalue weighted by atomic mass is 10.3. The normalized spacial score (nSPS) is 13.8. The van der Waals surface area contributed by atoms with Crippen molar-refractivity contribution in [2.24, 2.45) is 0 Å². The number of aromatic nitrogens is 2. The van der Waals surface area contributed by atoms with Crippen LogP contribution in [0.5, 0.6) is 0 Å². The molecule has 0 saturated carbocycles. The van der Waals surface area contributed by atoms with Crippen LogP contribution in [0.2, 0.25) is 0 Å². The Labute approximate surface area is 116 Å². The molecule has 20 heavy (non-hydrogen) atoms. The molecule has 0 fully saturated rings. The molecule has 7 heteroatoms. The van der Waals surface area contributed by atoms with Gasteiger partial charge in [0.25, 0.3) is 5.56 Å². The van der Waals surface area contributed by atoms with E-state index in [0.29, 0.717) is 12.0 Å². The minimum absolute atomic E-state index is 0.114. The van der Waals surface area contributed by atoms with Crippen molar-refractivity contribution in [1.82, 2.24) is 9.55 Å². The second kappa shape index (κ2) is 7.04. The van der Waals surface area contributed by atoms with E-state index in [0.717, 1.165) is 0 Å². The summed E-state index contributed by atoms with van der Waals surface area (Å²) in [4.78, 5) is 36.1. The highest BCUT2D eigenvalue weighted by molar-refractivity contribution is 5.65. The van der Waals surface area contributed by atoms with Gasteiger partial charge in [-0.3, -0.25) is 19.1 Å². The minimum atomic E-state index is -0.524. The van der Waals surface area contributed by atoms with Crippen LogP contribution < -0.4 is 11.2 Å². The highest BCUT2D eigenvalue weighted by Crippen LogP contribution is 2.13. The Bertz CT molecular complexity index is 575. The summed E-state index contributed by atoms with van der Waals surface area (Å²) in [7, 11) is 0.